The Hall–Kier alpha value is -1.95. The van der Waals surface area contributed by atoms with Crippen molar-refractivity contribution in [3.05, 3.63) is 57.7 Å². The van der Waals surface area contributed by atoms with Crippen LogP contribution in [-0.2, 0) is 11.3 Å². The first-order valence-corrected chi connectivity index (χ1v) is 6.01. The number of nitrogens with one attached hydrogen (secondary N) is 1. The quantitative estimate of drug-likeness (QED) is 0.937. The van der Waals surface area contributed by atoms with Gasteiger partial charge in [0.05, 0.1) is 12.0 Å². The Bertz CT molecular complexity index is 624. The number of nitrogens with zero attached hydrogens (tertiary/aromatic N) is 2. The van der Waals surface area contributed by atoms with Crippen LogP contribution in [0, 0.1) is 0 Å². The lowest BCUT2D eigenvalue weighted by atomic mass is 10.3. The highest BCUT2D eigenvalue weighted by Gasteiger charge is 2.06. The third-order valence-corrected chi connectivity index (χ3v) is 2.95. The molecule has 0 bridgehead atoms. The van der Waals surface area contributed by atoms with E-state index < -0.39 is 0 Å². The molecule has 1 aromatic carbocycles. The largest absolute Gasteiger partial charge is 0.324 e. The molecule has 1 amide bonds. The van der Waals surface area contributed by atoms with Crippen molar-refractivity contribution in [3.63, 3.8) is 0 Å². The number of amides is 1. The predicted octanol–water partition coefficient (Wildman–Crippen LogP) is 1.64. The van der Waals surface area contributed by atoms with Gasteiger partial charge in [-0.3, -0.25) is 14.2 Å². The van der Waals surface area contributed by atoms with E-state index in [0.717, 1.165) is 4.47 Å². The van der Waals surface area contributed by atoms with Gasteiger partial charge < -0.3 is 5.32 Å². The average molecular weight is 308 g/mol. The van der Waals surface area contributed by atoms with Crippen molar-refractivity contribution < 1.29 is 4.79 Å². The number of hydrogen-bond donors (Lipinski definition) is 1. The van der Waals surface area contributed by atoms with Gasteiger partial charge in [0.15, 0.2) is 0 Å². The maximum absolute atomic E-state index is 11.8. The first-order chi connectivity index (χ1) is 8.66. The highest BCUT2D eigenvalue weighted by Crippen LogP contribution is 2.20. The molecule has 6 heteroatoms. The van der Waals surface area contributed by atoms with Crippen LogP contribution >= 0.6 is 15.9 Å². The maximum atomic E-state index is 11.8. The molecule has 0 atom stereocenters. The average Bonchev–Trinajstić information content (AvgIpc) is 2.35. The van der Waals surface area contributed by atoms with Crippen LogP contribution in [-0.4, -0.2) is 15.5 Å². The van der Waals surface area contributed by atoms with Crippen LogP contribution in [0.1, 0.15) is 0 Å². The molecule has 5 nitrogen and oxygen atoms in total. The number of para-hydroxylation sites is 1. The van der Waals surface area contributed by atoms with Crippen molar-refractivity contribution in [3.8, 4) is 0 Å². The lowest BCUT2D eigenvalue weighted by Crippen LogP contribution is -2.27. The summed E-state index contributed by atoms with van der Waals surface area (Å²) >= 11 is 3.33. The molecule has 18 heavy (non-hydrogen) atoms. The standard InChI is InChI=1S/C12H10BrN3O2/c13-9-3-1-2-4-10(9)15-11(17)7-16-8-14-6-5-12(16)18/h1-6,8H,7H2,(H,15,17). The van der Waals surface area contributed by atoms with Crippen LogP contribution < -0.4 is 10.9 Å². The van der Waals surface area contributed by atoms with Gasteiger partial charge in [-0.15, -0.1) is 0 Å². The number of hydrogen-bond acceptors (Lipinski definition) is 3. The molecule has 0 aliphatic heterocycles. The van der Waals surface area contributed by atoms with E-state index in [9.17, 15) is 9.59 Å². The molecule has 0 radical (unpaired) electrons. The molecule has 0 saturated heterocycles. The molecule has 1 aromatic heterocycles. The number of carbonyl (C=O) groups is 1. The summed E-state index contributed by atoms with van der Waals surface area (Å²) in [6, 6.07) is 8.58. The van der Waals surface area contributed by atoms with Gasteiger partial charge in [-0.25, -0.2) is 4.98 Å². The predicted molar refractivity (Wildman–Crippen MR) is 71.3 cm³/mol. The lowest BCUT2D eigenvalue weighted by Gasteiger charge is -2.08. The molecule has 0 aliphatic carbocycles. The third kappa shape index (κ3) is 3.04. The molecule has 1 heterocycles. The molecule has 92 valence electrons. The molecule has 0 fully saturated rings. The van der Waals surface area contributed by atoms with E-state index in [1.165, 1.54) is 23.2 Å². The van der Waals surface area contributed by atoms with Gasteiger partial charge in [-0.1, -0.05) is 12.1 Å². The summed E-state index contributed by atoms with van der Waals surface area (Å²) < 4.78 is 2.03. The summed E-state index contributed by atoms with van der Waals surface area (Å²) in [6.45, 7) is -0.0615. The van der Waals surface area contributed by atoms with Gasteiger partial charge in [-0.2, -0.15) is 0 Å². The van der Waals surface area contributed by atoms with Gasteiger partial charge in [0.2, 0.25) is 5.91 Å². The summed E-state index contributed by atoms with van der Waals surface area (Å²) in [7, 11) is 0. The zero-order valence-electron chi connectivity index (χ0n) is 9.34. The summed E-state index contributed by atoms with van der Waals surface area (Å²) in [6.07, 6.45) is 2.73. The fraction of sp³-hybridized carbons (Fsp3) is 0.0833. The van der Waals surface area contributed by atoms with E-state index >= 15 is 0 Å². The zero-order chi connectivity index (χ0) is 13.0. The number of halogens is 1. The van der Waals surface area contributed by atoms with E-state index in [4.69, 9.17) is 0 Å². The Labute approximate surface area is 112 Å². The lowest BCUT2D eigenvalue weighted by molar-refractivity contribution is -0.116. The number of anilines is 1. The molecule has 2 rings (SSSR count). The van der Waals surface area contributed by atoms with Crippen LogP contribution in [0.5, 0.6) is 0 Å². The van der Waals surface area contributed by atoms with Gasteiger partial charge in [0.25, 0.3) is 5.56 Å². The molecule has 1 N–H and O–H groups in total. The fourth-order valence-electron chi connectivity index (χ4n) is 1.40. The second-order valence-electron chi connectivity index (χ2n) is 3.57. The van der Waals surface area contributed by atoms with E-state index in [0.29, 0.717) is 5.69 Å². The Balaban J connectivity index is 2.09. The monoisotopic (exact) mass is 307 g/mol. The minimum absolute atomic E-state index is 0.0615. The first kappa shape index (κ1) is 12.5. The van der Waals surface area contributed by atoms with Gasteiger partial charge in [-0.05, 0) is 28.1 Å². The number of benzene rings is 1. The molecule has 0 spiro atoms. The second-order valence-corrected chi connectivity index (χ2v) is 4.43. The van der Waals surface area contributed by atoms with Crippen molar-refractivity contribution >= 4 is 27.5 Å². The maximum Gasteiger partial charge on any atom is 0.253 e. The zero-order valence-corrected chi connectivity index (χ0v) is 10.9. The highest BCUT2D eigenvalue weighted by atomic mass is 79.9. The molecule has 2 aromatic rings. The summed E-state index contributed by atoms with van der Waals surface area (Å²) in [5.41, 5.74) is 0.409. The molecular weight excluding hydrogens is 298 g/mol. The van der Waals surface area contributed by atoms with Gasteiger partial charge in [0, 0.05) is 16.7 Å². The second kappa shape index (κ2) is 5.59. The van der Waals surface area contributed by atoms with Gasteiger partial charge in [0.1, 0.15) is 6.54 Å². The van der Waals surface area contributed by atoms with E-state index in [-0.39, 0.29) is 18.0 Å². The van der Waals surface area contributed by atoms with Crippen molar-refractivity contribution in [1.82, 2.24) is 9.55 Å². The fourth-order valence-corrected chi connectivity index (χ4v) is 1.79. The Morgan fingerprint density at radius 1 is 1.33 bits per heavy atom. The Morgan fingerprint density at radius 2 is 2.11 bits per heavy atom. The molecule has 0 saturated carbocycles. The third-order valence-electron chi connectivity index (χ3n) is 2.25. The summed E-state index contributed by atoms with van der Waals surface area (Å²) in [5, 5.41) is 2.71. The SMILES string of the molecule is O=C(Cn1cnccc1=O)Nc1ccccc1Br. The normalized spacial score (nSPS) is 10.1. The minimum atomic E-state index is -0.281. The van der Waals surface area contributed by atoms with Crippen LogP contribution in [0.25, 0.3) is 0 Å². The number of rotatable bonds is 3. The summed E-state index contributed by atoms with van der Waals surface area (Å²) in [5.74, 6) is -0.281. The number of carbonyl (C=O) groups excluding carboxylic acids is 1. The Kier molecular flexibility index (Phi) is 3.88. The van der Waals surface area contributed by atoms with Crippen LogP contribution in [0.4, 0.5) is 5.69 Å². The molecular formula is C12H10BrN3O2. The topological polar surface area (TPSA) is 64.0 Å². The van der Waals surface area contributed by atoms with Crippen LogP contribution in [0.2, 0.25) is 0 Å². The highest BCUT2D eigenvalue weighted by molar-refractivity contribution is 9.10. The van der Waals surface area contributed by atoms with Gasteiger partial charge >= 0.3 is 0 Å². The van der Waals surface area contributed by atoms with E-state index in [1.54, 1.807) is 6.07 Å². The summed E-state index contributed by atoms with van der Waals surface area (Å²) in [4.78, 5) is 27.0. The number of aromatic nitrogens is 2. The van der Waals surface area contributed by atoms with Crippen molar-refractivity contribution in [2.45, 2.75) is 6.54 Å². The first-order valence-electron chi connectivity index (χ1n) is 5.21. The van der Waals surface area contributed by atoms with Crippen LogP contribution in [0.3, 0.4) is 0 Å². The van der Waals surface area contributed by atoms with Crippen molar-refractivity contribution in [2.24, 2.45) is 0 Å². The van der Waals surface area contributed by atoms with Crippen LogP contribution in [0.15, 0.2) is 52.1 Å². The Morgan fingerprint density at radius 3 is 2.83 bits per heavy atom. The van der Waals surface area contributed by atoms with E-state index in [2.05, 4.69) is 26.2 Å². The molecule has 0 aliphatic rings. The van der Waals surface area contributed by atoms with Crippen molar-refractivity contribution in [1.29, 1.82) is 0 Å². The van der Waals surface area contributed by atoms with Crippen molar-refractivity contribution in [2.75, 3.05) is 5.32 Å². The van der Waals surface area contributed by atoms with E-state index in [1.807, 2.05) is 18.2 Å². The smallest absolute Gasteiger partial charge is 0.253 e. The molecule has 0 unspecified atom stereocenters. The minimum Gasteiger partial charge on any atom is -0.324 e.